The van der Waals surface area contributed by atoms with E-state index in [0.717, 1.165) is 24.8 Å². The van der Waals surface area contributed by atoms with Gasteiger partial charge in [0.15, 0.2) is 5.82 Å². The fourth-order valence-electron chi connectivity index (χ4n) is 2.12. The van der Waals surface area contributed by atoms with Gasteiger partial charge in [0.05, 0.1) is 6.10 Å². The highest BCUT2D eigenvalue weighted by Gasteiger charge is 2.29. The topological polar surface area (TPSA) is 52.0 Å². The van der Waals surface area contributed by atoms with Crippen molar-refractivity contribution in [2.75, 3.05) is 13.6 Å². The van der Waals surface area contributed by atoms with Crippen molar-refractivity contribution in [1.29, 1.82) is 0 Å². The minimum Gasteiger partial charge on any atom is -0.370 e. The lowest BCUT2D eigenvalue weighted by Gasteiger charge is -2.34. The number of aryl methyl sites for hydroxylation is 1. The Morgan fingerprint density at radius 3 is 3.06 bits per heavy atom. The Labute approximate surface area is 96.2 Å². The van der Waals surface area contributed by atoms with Crippen molar-refractivity contribution in [2.24, 2.45) is 5.92 Å². The Bertz CT molecular complexity index is 320. The van der Waals surface area contributed by atoms with Gasteiger partial charge in [-0.1, -0.05) is 0 Å². The van der Waals surface area contributed by atoms with Crippen molar-refractivity contribution in [2.45, 2.75) is 39.0 Å². The summed E-state index contributed by atoms with van der Waals surface area (Å²) in [7, 11) is 2.00. The molecule has 1 aromatic rings. The molecule has 0 aromatic carbocycles. The van der Waals surface area contributed by atoms with Gasteiger partial charge in [0.1, 0.15) is 12.9 Å². The molecule has 0 atom stereocenters. The monoisotopic (exact) mass is 224 g/mol. The molecule has 2 rings (SSSR count). The summed E-state index contributed by atoms with van der Waals surface area (Å²) in [4.78, 5) is 4.19. The highest BCUT2D eigenvalue weighted by molar-refractivity contribution is 4.85. The number of rotatable bonds is 6. The molecule has 5 nitrogen and oxygen atoms in total. The van der Waals surface area contributed by atoms with Gasteiger partial charge >= 0.3 is 0 Å². The number of hydrogen-bond donors (Lipinski definition) is 1. The van der Waals surface area contributed by atoms with E-state index >= 15 is 0 Å². The van der Waals surface area contributed by atoms with Crippen LogP contribution in [0.25, 0.3) is 0 Å². The van der Waals surface area contributed by atoms with Gasteiger partial charge in [0.2, 0.25) is 0 Å². The van der Waals surface area contributed by atoms with E-state index in [4.69, 9.17) is 4.74 Å². The maximum atomic E-state index is 5.79. The molecule has 1 N–H and O–H groups in total. The predicted octanol–water partition coefficient (Wildman–Crippen LogP) is 0.813. The van der Waals surface area contributed by atoms with Crippen LogP contribution in [0.15, 0.2) is 6.33 Å². The Kier molecular flexibility index (Phi) is 3.90. The molecule has 1 saturated carbocycles. The average Bonchev–Trinajstić information content (AvgIpc) is 2.68. The summed E-state index contributed by atoms with van der Waals surface area (Å²) in [5.41, 5.74) is 0. The minimum atomic E-state index is 0.417. The van der Waals surface area contributed by atoms with E-state index in [0.29, 0.717) is 12.7 Å². The lowest BCUT2D eigenvalue weighted by molar-refractivity contribution is -0.0426. The number of ether oxygens (including phenoxy) is 1. The SMILES string of the molecule is CCn1ncnc1COC1CC(CNC)C1. The highest BCUT2D eigenvalue weighted by atomic mass is 16.5. The smallest absolute Gasteiger partial charge is 0.152 e. The van der Waals surface area contributed by atoms with Gasteiger partial charge in [-0.3, -0.25) is 0 Å². The van der Waals surface area contributed by atoms with Gasteiger partial charge in [0.25, 0.3) is 0 Å². The fourth-order valence-corrected chi connectivity index (χ4v) is 2.12. The van der Waals surface area contributed by atoms with E-state index in [1.54, 1.807) is 6.33 Å². The normalized spacial score (nSPS) is 24.4. The van der Waals surface area contributed by atoms with Crippen LogP contribution >= 0.6 is 0 Å². The lowest BCUT2D eigenvalue weighted by Crippen LogP contribution is -2.36. The molecule has 5 heteroatoms. The van der Waals surface area contributed by atoms with Gasteiger partial charge in [-0.15, -0.1) is 0 Å². The van der Waals surface area contributed by atoms with Crippen LogP contribution in [0.5, 0.6) is 0 Å². The summed E-state index contributed by atoms with van der Waals surface area (Å²) in [6, 6.07) is 0. The largest absolute Gasteiger partial charge is 0.370 e. The van der Waals surface area contributed by atoms with Crippen molar-refractivity contribution < 1.29 is 4.74 Å². The standard InChI is InChI=1S/C11H20N4O/c1-3-15-11(13-8-14-15)7-16-10-4-9(5-10)6-12-2/h8-10,12H,3-7H2,1-2H3. The third-order valence-corrected chi connectivity index (χ3v) is 3.13. The van der Waals surface area contributed by atoms with Crippen LogP contribution in [0.3, 0.4) is 0 Å². The minimum absolute atomic E-state index is 0.417. The van der Waals surface area contributed by atoms with Gasteiger partial charge < -0.3 is 10.1 Å². The van der Waals surface area contributed by atoms with E-state index in [1.165, 1.54) is 12.8 Å². The van der Waals surface area contributed by atoms with Crippen molar-refractivity contribution >= 4 is 0 Å². The first-order valence-electron chi connectivity index (χ1n) is 5.96. The van der Waals surface area contributed by atoms with Crippen LogP contribution in [-0.2, 0) is 17.9 Å². The maximum absolute atomic E-state index is 5.79. The first-order valence-corrected chi connectivity index (χ1v) is 5.96. The molecule has 0 aliphatic heterocycles. The Hall–Kier alpha value is -0.940. The summed E-state index contributed by atoms with van der Waals surface area (Å²) in [6.07, 6.45) is 4.34. The van der Waals surface area contributed by atoms with Crippen LogP contribution in [0, 0.1) is 5.92 Å². The molecule has 1 aliphatic rings. The van der Waals surface area contributed by atoms with Crippen LogP contribution in [-0.4, -0.2) is 34.5 Å². The van der Waals surface area contributed by atoms with E-state index in [-0.39, 0.29) is 0 Å². The van der Waals surface area contributed by atoms with Crippen molar-refractivity contribution in [3.05, 3.63) is 12.2 Å². The fraction of sp³-hybridized carbons (Fsp3) is 0.818. The quantitative estimate of drug-likeness (QED) is 0.777. The molecule has 90 valence electrons. The van der Waals surface area contributed by atoms with Gasteiger partial charge in [0, 0.05) is 6.54 Å². The average molecular weight is 224 g/mol. The number of hydrogen-bond acceptors (Lipinski definition) is 4. The first kappa shape index (κ1) is 11.5. The molecule has 1 aliphatic carbocycles. The molecule has 0 amide bonds. The first-order chi connectivity index (χ1) is 7.83. The molecule has 1 aromatic heterocycles. The Balaban J connectivity index is 1.69. The summed E-state index contributed by atoms with van der Waals surface area (Å²) in [5.74, 6) is 1.72. The maximum Gasteiger partial charge on any atom is 0.152 e. The van der Waals surface area contributed by atoms with Crippen LogP contribution in [0.1, 0.15) is 25.6 Å². The zero-order chi connectivity index (χ0) is 11.4. The zero-order valence-corrected chi connectivity index (χ0v) is 10.0. The van der Waals surface area contributed by atoms with Crippen molar-refractivity contribution in [1.82, 2.24) is 20.1 Å². The molecule has 16 heavy (non-hydrogen) atoms. The van der Waals surface area contributed by atoms with Crippen molar-refractivity contribution in [3.8, 4) is 0 Å². The van der Waals surface area contributed by atoms with Gasteiger partial charge in [-0.25, -0.2) is 9.67 Å². The number of nitrogens with zero attached hydrogens (tertiary/aromatic N) is 3. The van der Waals surface area contributed by atoms with Gasteiger partial charge in [-0.2, -0.15) is 5.10 Å². The Morgan fingerprint density at radius 1 is 1.56 bits per heavy atom. The second-order valence-corrected chi connectivity index (χ2v) is 4.32. The van der Waals surface area contributed by atoms with E-state index in [2.05, 4.69) is 22.3 Å². The number of aromatic nitrogens is 3. The summed E-state index contributed by atoms with van der Waals surface area (Å²) >= 11 is 0. The van der Waals surface area contributed by atoms with E-state index in [9.17, 15) is 0 Å². The second kappa shape index (κ2) is 5.41. The van der Waals surface area contributed by atoms with Crippen LogP contribution in [0.2, 0.25) is 0 Å². The summed E-state index contributed by atoms with van der Waals surface area (Å²) in [5, 5.41) is 7.31. The molecular formula is C11H20N4O. The third-order valence-electron chi connectivity index (χ3n) is 3.13. The second-order valence-electron chi connectivity index (χ2n) is 4.32. The summed E-state index contributed by atoms with van der Waals surface area (Å²) < 4.78 is 7.67. The van der Waals surface area contributed by atoms with Crippen LogP contribution in [0.4, 0.5) is 0 Å². The zero-order valence-electron chi connectivity index (χ0n) is 10.0. The molecule has 0 saturated heterocycles. The van der Waals surface area contributed by atoms with E-state index < -0.39 is 0 Å². The highest BCUT2D eigenvalue weighted by Crippen LogP contribution is 2.29. The molecule has 0 radical (unpaired) electrons. The molecular weight excluding hydrogens is 204 g/mol. The van der Waals surface area contributed by atoms with E-state index in [1.807, 2.05) is 11.7 Å². The Morgan fingerprint density at radius 2 is 2.38 bits per heavy atom. The molecule has 1 fully saturated rings. The van der Waals surface area contributed by atoms with Crippen LogP contribution < -0.4 is 5.32 Å². The summed E-state index contributed by atoms with van der Waals surface area (Å²) in [6.45, 7) is 4.60. The molecule has 0 bridgehead atoms. The number of nitrogens with one attached hydrogen (secondary N) is 1. The lowest BCUT2D eigenvalue weighted by atomic mass is 9.82. The van der Waals surface area contributed by atoms with Crippen molar-refractivity contribution in [3.63, 3.8) is 0 Å². The molecule has 0 spiro atoms. The predicted molar refractivity (Wildman–Crippen MR) is 60.9 cm³/mol. The van der Waals surface area contributed by atoms with Gasteiger partial charge in [-0.05, 0) is 39.3 Å². The third kappa shape index (κ3) is 2.59. The molecule has 1 heterocycles. The molecule has 0 unspecified atom stereocenters.